The third-order valence-corrected chi connectivity index (χ3v) is 9.27. The summed E-state index contributed by atoms with van der Waals surface area (Å²) in [6.07, 6.45) is 3.21. The van der Waals surface area contributed by atoms with Crippen LogP contribution < -0.4 is 9.62 Å². The summed E-state index contributed by atoms with van der Waals surface area (Å²) in [7, 11) is -2.60. The molecule has 11 heteroatoms. The third-order valence-electron chi connectivity index (χ3n) is 7.60. The average molecular weight is 513 g/mol. The number of pyridine rings is 1. The van der Waals surface area contributed by atoms with Gasteiger partial charge in [0.05, 0.1) is 16.3 Å². The van der Waals surface area contributed by atoms with Crippen LogP contribution in [-0.2, 0) is 14.8 Å². The van der Waals surface area contributed by atoms with Crippen molar-refractivity contribution in [3.63, 3.8) is 0 Å². The smallest absolute Gasteiger partial charge is 0.266 e. The highest BCUT2D eigenvalue weighted by atomic mass is 35.5. The van der Waals surface area contributed by atoms with Crippen molar-refractivity contribution in [3.8, 4) is 0 Å². The van der Waals surface area contributed by atoms with Crippen LogP contribution in [0.5, 0.6) is 0 Å². The highest BCUT2D eigenvalue weighted by molar-refractivity contribution is 7.92. The van der Waals surface area contributed by atoms with Crippen molar-refractivity contribution in [3.05, 3.63) is 47.1 Å². The number of rotatable bonds is 6. The predicted octanol–water partition coefficient (Wildman–Crippen LogP) is 3.89. The standard InChI is InChI=1S/C23H27ClF2N4O3S/c1-22(33-2)12-30(13-22)19-6-7-23(19)8-9-29(14-23)17-11-16(25)18(10-15(17)24)34(31,32)28-21-5-3-4-20(26)27-21/h3-5,10-11,19H,6-9,12-14H2,1-2H3,(H,27,28)/t19-,23-/m0/s1. The van der Waals surface area contributed by atoms with Gasteiger partial charge in [0, 0.05) is 50.8 Å². The SMILES string of the molecule is COC1(C)CN([C@H]2CC[C@@]23CCN(c2cc(F)c(S(=O)(=O)Nc4cccc(F)n4)cc2Cl)C3)C1. The van der Waals surface area contributed by atoms with Crippen molar-refractivity contribution in [2.24, 2.45) is 5.41 Å². The number of nitrogens with one attached hydrogen (secondary N) is 1. The molecule has 3 aliphatic rings. The van der Waals surface area contributed by atoms with Gasteiger partial charge >= 0.3 is 0 Å². The molecule has 1 aliphatic carbocycles. The molecule has 34 heavy (non-hydrogen) atoms. The average Bonchev–Trinajstić information content (AvgIpc) is 3.20. The van der Waals surface area contributed by atoms with Gasteiger partial charge in [-0.05, 0) is 44.4 Å². The van der Waals surface area contributed by atoms with E-state index in [1.807, 2.05) is 4.90 Å². The predicted molar refractivity (Wildman–Crippen MR) is 126 cm³/mol. The molecule has 0 amide bonds. The molecule has 7 nitrogen and oxygen atoms in total. The van der Waals surface area contributed by atoms with Gasteiger partial charge < -0.3 is 9.64 Å². The number of methoxy groups -OCH3 is 1. The van der Waals surface area contributed by atoms with Crippen molar-refractivity contribution >= 4 is 33.1 Å². The zero-order valence-corrected chi connectivity index (χ0v) is 20.6. The molecule has 0 radical (unpaired) electrons. The van der Waals surface area contributed by atoms with Crippen LogP contribution in [0.4, 0.5) is 20.3 Å². The summed E-state index contributed by atoms with van der Waals surface area (Å²) in [6.45, 7) is 5.40. The number of likely N-dealkylation sites (tertiary alicyclic amines) is 1. The fourth-order valence-corrected chi connectivity index (χ4v) is 7.05. The van der Waals surface area contributed by atoms with E-state index in [-0.39, 0.29) is 21.9 Å². The maximum atomic E-state index is 15.0. The van der Waals surface area contributed by atoms with Crippen LogP contribution in [0.3, 0.4) is 0 Å². The molecule has 1 spiro atoms. The van der Waals surface area contributed by atoms with Gasteiger partial charge in [0.2, 0.25) is 5.95 Å². The fourth-order valence-electron chi connectivity index (χ4n) is 5.62. The number of sulfonamides is 1. The summed E-state index contributed by atoms with van der Waals surface area (Å²) in [4.78, 5) is 7.37. The van der Waals surface area contributed by atoms with Crippen molar-refractivity contribution in [1.29, 1.82) is 0 Å². The van der Waals surface area contributed by atoms with E-state index in [0.29, 0.717) is 11.7 Å². The summed E-state index contributed by atoms with van der Waals surface area (Å²) >= 11 is 6.46. The first-order chi connectivity index (χ1) is 16.0. The van der Waals surface area contributed by atoms with Crippen molar-refractivity contribution < 1.29 is 21.9 Å². The number of hydrogen-bond acceptors (Lipinski definition) is 6. The van der Waals surface area contributed by atoms with Gasteiger partial charge in [-0.25, -0.2) is 17.8 Å². The number of anilines is 2. The number of aromatic nitrogens is 1. The summed E-state index contributed by atoms with van der Waals surface area (Å²) in [6, 6.07) is 6.41. The molecule has 184 valence electrons. The molecule has 1 N–H and O–H groups in total. The van der Waals surface area contributed by atoms with Crippen molar-refractivity contribution in [1.82, 2.24) is 9.88 Å². The second-order valence-corrected chi connectivity index (χ2v) is 11.9. The molecule has 0 unspecified atom stereocenters. The molecule has 1 aromatic carbocycles. The van der Waals surface area contributed by atoms with Gasteiger partial charge in [0.15, 0.2) is 0 Å². The minimum Gasteiger partial charge on any atom is -0.376 e. The molecular formula is C23H27ClF2N4O3S. The largest absolute Gasteiger partial charge is 0.376 e. The Morgan fingerprint density at radius 2 is 1.97 bits per heavy atom. The molecule has 3 heterocycles. The molecule has 1 aromatic heterocycles. The Labute approximate surface area is 203 Å². The van der Waals surface area contributed by atoms with Gasteiger partial charge in [-0.2, -0.15) is 4.39 Å². The lowest BCUT2D eigenvalue weighted by Gasteiger charge is -2.60. The van der Waals surface area contributed by atoms with Gasteiger partial charge in [0.25, 0.3) is 10.0 Å². The van der Waals surface area contributed by atoms with Crippen LogP contribution >= 0.6 is 11.6 Å². The maximum Gasteiger partial charge on any atom is 0.266 e. The minimum absolute atomic E-state index is 0.0854. The lowest BCUT2D eigenvalue weighted by atomic mass is 9.62. The van der Waals surface area contributed by atoms with Gasteiger partial charge in [-0.3, -0.25) is 9.62 Å². The van der Waals surface area contributed by atoms with Gasteiger partial charge in [-0.15, -0.1) is 0 Å². The molecule has 2 aromatic rings. The number of halogens is 3. The fraction of sp³-hybridized carbons (Fsp3) is 0.522. The Balaban J connectivity index is 1.33. The van der Waals surface area contributed by atoms with Crippen molar-refractivity contribution in [2.45, 2.75) is 42.7 Å². The Hall–Kier alpha value is -2.01. The Kier molecular flexibility index (Phi) is 5.78. The van der Waals surface area contributed by atoms with E-state index in [2.05, 4.69) is 21.5 Å². The molecule has 0 bridgehead atoms. The van der Waals surface area contributed by atoms with E-state index in [1.165, 1.54) is 18.2 Å². The van der Waals surface area contributed by atoms with Crippen LogP contribution in [-0.4, -0.2) is 63.2 Å². The Morgan fingerprint density at radius 3 is 2.62 bits per heavy atom. The van der Waals surface area contributed by atoms with Gasteiger partial charge in [-0.1, -0.05) is 17.7 Å². The first-order valence-electron chi connectivity index (χ1n) is 11.2. The van der Waals surface area contributed by atoms with Crippen molar-refractivity contribution in [2.75, 3.05) is 42.9 Å². The van der Waals surface area contributed by atoms with E-state index in [1.54, 1.807) is 7.11 Å². The maximum absolute atomic E-state index is 15.0. The summed E-state index contributed by atoms with van der Waals surface area (Å²) in [5.41, 5.74) is 0.525. The zero-order chi connectivity index (χ0) is 24.3. The van der Waals surface area contributed by atoms with E-state index < -0.39 is 26.7 Å². The normalized spacial score (nSPS) is 26.4. The summed E-state index contributed by atoms with van der Waals surface area (Å²) < 4.78 is 61.4. The molecule has 1 saturated carbocycles. The molecule has 3 fully saturated rings. The molecule has 5 rings (SSSR count). The highest BCUT2D eigenvalue weighted by Gasteiger charge is 2.57. The number of hydrogen-bond donors (Lipinski definition) is 1. The summed E-state index contributed by atoms with van der Waals surface area (Å²) in [5.74, 6) is -2.02. The number of benzene rings is 1. The Bertz CT molecular complexity index is 1220. The third kappa shape index (κ3) is 4.04. The first kappa shape index (κ1) is 23.7. The van der Waals surface area contributed by atoms with Crippen LogP contribution in [0.25, 0.3) is 0 Å². The molecule has 2 atom stereocenters. The van der Waals surface area contributed by atoms with Crippen LogP contribution in [0.15, 0.2) is 35.2 Å². The number of nitrogens with zero attached hydrogens (tertiary/aromatic N) is 3. The van der Waals surface area contributed by atoms with E-state index in [9.17, 15) is 12.8 Å². The monoisotopic (exact) mass is 512 g/mol. The zero-order valence-electron chi connectivity index (χ0n) is 19.0. The Morgan fingerprint density at radius 1 is 1.21 bits per heavy atom. The second kappa shape index (κ2) is 8.29. The minimum atomic E-state index is -4.34. The second-order valence-electron chi connectivity index (χ2n) is 9.83. The number of ether oxygens (including phenoxy) is 1. The van der Waals surface area contributed by atoms with Gasteiger partial charge in [0.1, 0.15) is 16.5 Å². The van der Waals surface area contributed by atoms with E-state index in [4.69, 9.17) is 16.3 Å². The summed E-state index contributed by atoms with van der Waals surface area (Å²) in [5, 5.41) is 0.151. The molecule has 2 saturated heterocycles. The van der Waals surface area contributed by atoms with Crippen LogP contribution in [0.1, 0.15) is 26.2 Å². The first-order valence-corrected chi connectivity index (χ1v) is 13.1. The quantitative estimate of drug-likeness (QED) is 0.592. The molecule has 2 aliphatic heterocycles. The lowest BCUT2D eigenvalue weighted by Crippen LogP contribution is -2.69. The van der Waals surface area contributed by atoms with E-state index >= 15 is 4.39 Å². The highest BCUT2D eigenvalue weighted by Crippen LogP contribution is 2.53. The topological polar surface area (TPSA) is 74.8 Å². The van der Waals surface area contributed by atoms with Crippen LogP contribution in [0.2, 0.25) is 5.02 Å². The molecular weight excluding hydrogens is 486 g/mol. The van der Waals surface area contributed by atoms with E-state index in [0.717, 1.165) is 57.6 Å². The van der Waals surface area contributed by atoms with Crippen LogP contribution in [0, 0.1) is 17.2 Å². The lowest BCUT2D eigenvalue weighted by molar-refractivity contribution is -0.164.